The molecular weight excluding hydrogens is 382 g/mol. The molecular formula is C23H37N3O4. The summed E-state index contributed by atoms with van der Waals surface area (Å²) in [7, 11) is 5.07. The van der Waals surface area contributed by atoms with Crippen molar-refractivity contribution in [2.75, 3.05) is 34.4 Å². The smallest absolute Gasteiger partial charge is 0.308 e. The van der Waals surface area contributed by atoms with Gasteiger partial charge < -0.3 is 24.8 Å². The van der Waals surface area contributed by atoms with Crippen molar-refractivity contribution < 1.29 is 19.0 Å². The average molecular weight is 420 g/mol. The van der Waals surface area contributed by atoms with Crippen LogP contribution in [0.1, 0.15) is 52.0 Å². The number of rotatable bonds is 8. The Morgan fingerprint density at radius 1 is 1.13 bits per heavy atom. The van der Waals surface area contributed by atoms with E-state index >= 15 is 0 Å². The molecule has 0 spiro atoms. The molecule has 1 saturated carbocycles. The monoisotopic (exact) mass is 419 g/mol. The summed E-state index contributed by atoms with van der Waals surface area (Å²) < 4.78 is 15.9. The van der Waals surface area contributed by atoms with Crippen LogP contribution in [0.4, 0.5) is 0 Å². The highest BCUT2D eigenvalue weighted by Crippen LogP contribution is 2.33. The highest BCUT2D eigenvalue weighted by atomic mass is 16.5. The number of ether oxygens (including phenoxy) is 3. The number of benzene rings is 1. The number of methoxy groups -OCH3 is 2. The normalized spacial score (nSPS) is 19.7. The largest absolute Gasteiger partial charge is 0.493 e. The molecule has 1 aromatic carbocycles. The third-order valence-corrected chi connectivity index (χ3v) is 5.77. The molecule has 0 atom stereocenters. The number of carbonyl (C=O) groups excluding carboxylic acids is 1. The first kappa shape index (κ1) is 23.8. The van der Waals surface area contributed by atoms with E-state index < -0.39 is 0 Å². The summed E-state index contributed by atoms with van der Waals surface area (Å²) in [4.78, 5) is 16.3. The highest BCUT2D eigenvalue weighted by Gasteiger charge is 2.28. The molecule has 0 heterocycles. The Morgan fingerprint density at radius 3 is 2.37 bits per heavy atom. The fourth-order valence-electron chi connectivity index (χ4n) is 3.79. The van der Waals surface area contributed by atoms with Gasteiger partial charge >= 0.3 is 5.97 Å². The Hall–Kier alpha value is -2.44. The summed E-state index contributed by atoms with van der Waals surface area (Å²) in [5.74, 6) is 2.20. The maximum Gasteiger partial charge on any atom is 0.308 e. The minimum absolute atomic E-state index is 0.0296. The van der Waals surface area contributed by atoms with Gasteiger partial charge in [0.05, 0.1) is 26.7 Å². The Balaban J connectivity index is 1.90. The summed E-state index contributed by atoms with van der Waals surface area (Å²) in [5, 5.41) is 6.96. The fraction of sp³-hybridized carbons (Fsp3) is 0.652. The van der Waals surface area contributed by atoms with Crippen LogP contribution in [0.3, 0.4) is 0 Å². The van der Waals surface area contributed by atoms with Gasteiger partial charge in [-0.3, -0.25) is 9.79 Å². The van der Waals surface area contributed by atoms with E-state index in [2.05, 4.69) is 35.5 Å². The van der Waals surface area contributed by atoms with Crippen molar-refractivity contribution in [3.63, 3.8) is 0 Å². The molecule has 0 aliphatic heterocycles. The van der Waals surface area contributed by atoms with Gasteiger partial charge in [-0.1, -0.05) is 19.9 Å². The fourth-order valence-corrected chi connectivity index (χ4v) is 3.79. The van der Waals surface area contributed by atoms with Gasteiger partial charge in [0.1, 0.15) is 0 Å². The van der Waals surface area contributed by atoms with Crippen LogP contribution in [-0.2, 0) is 14.9 Å². The molecule has 0 aromatic heterocycles. The van der Waals surface area contributed by atoms with E-state index in [9.17, 15) is 4.79 Å². The number of guanidine groups is 1. The van der Waals surface area contributed by atoms with Gasteiger partial charge in [0.2, 0.25) is 0 Å². The van der Waals surface area contributed by atoms with Crippen LogP contribution in [0, 0.1) is 5.92 Å². The predicted octanol–water partition coefficient (Wildman–Crippen LogP) is 3.27. The topological polar surface area (TPSA) is 81.2 Å². The molecule has 0 amide bonds. The SMILES string of the molecule is CCOC(=O)C1CCC(NC(=NC)NCC(C)(C)c2ccc(OC)c(OC)c2)CC1. The van der Waals surface area contributed by atoms with Gasteiger partial charge in [-0.25, -0.2) is 0 Å². The molecule has 0 saturated heterocycles. The van der Waals surface area contributed by atoms with Gasteiger partial charge in [0, 0.05) is 25.0 Å². The quantitative estimate of drug-likeness (QED) is 0.382. The van der Waals surface area contributed by atoms with Gasteiger partial charge in [0.25, 0.3) is 0 Å². The summed E-state index contributed by atoms with van der Waals surface area (Å²) in [6.45, 7) is 7.37. The van der Waals surface area contributed by atoms with Crippen LogP contribution in [0.5, 0.6) is 11.5 Å². The Labute approximate surface area is 180 Å². The lowest BCUT2D eigenvalue weighted by Crippen LogP contribution is -2.48. The maximum absolute atomic E-state index is 11.9. The van der Waals surface area contributed by atoms with Crippen molar-refractivity contribution in [3.8, 4) is 11.5 Å². The first-order valence-corrected chi connectivity index (χ1v) is 10.7. The molecule has 1 fully saturated rings. The third kappa shape index (κ3) is 6.28. The molecule has 2 rings (SSSR count). The van der Waals surface area contributed by atoms with E-state index in [-0.39, 0.29) is 17.3 Å². The van der Waals surface area contributed by atoms with E-state index in [1.165, 1.54) is 0 Å². The lowest BCUT2D eigenvalue weighted by molar-refractivity contribution is -0.149. The molecule has 1 aromatic rings. The summed E-state index contributed by atoms with van der Waals surface area (Å²) >= 11 is 0. The lowest BCUT2D eigenvalue weighted by Gasteiger charge is -2.31. The van der Waals surface area contributed by atoms with Crippen molar-refractivity contribution in [1.82, 2.24) is 10.6 Å². The summed E-state index contributed by atoms with van der Waals surface area (Å²) in [5.41, 5.74) is 1.01. The Bertz CT molecular complexity index is 725. The molecule has 168 valence electrons. The third-order valence-electron chi connectivity index (χ3n) is 5.77. The molecule has 1 aliphatic rings. The van der Waals surface area contributed by atoms with Gasteiger partial charge in [0.15, 0.2) is 17.5 Å². The minimum Gasteiger partial charge on any atom is -0.493 e. The highest BCUT2D eigenvalue weighted by molar-refractivity contribution is 5.80. The van der Waals surface area contributed by atoms with Crippen molar-refractivity contribution in [3.05, 3.63) is 23.8 Å². The Kier molecular flexibility index (Phi) is 8.81. The molecule has 7 nitrogen and oxygen atoms in total. The number of hydrogen-bond donors (Lipinski definition) is 2. The number of nitrogens with one attached hydrogen (secondary N) is 2. The van der Waals surface area contributed by atoms with Gasteiger partial charge in [-0.05, 0) is 50.3 Å². The first-order valence-electron chi connectivity index (χ1n) is 10.7. The lowest BCUT2D eigenvalue weighted by atomic mass is 9.84. The van der Waals surface area contributed by atoms with Gasteiger partial charge in [-0.15, -0.1) is 0 Å². The second-order valence-electron chi connectivity index (χ2n) is 8.32. The van der Waals surface area contributed by atoms with Crippen LogP contribution in [0.2, 0.25) is 0 Å². The van der Waals surface area contributed by atoms with E-state index in [0.717, 1.165) is 48.7 Å². The van der Waals surface area contributed by atoms with Gasteiger partial charge in [-0.2, -0.15) is 0 Å². The molecule has 30 heavy (non-hydrogen) atoms. The van der Waals surface area contributed by atoms with Crippen LogP contribution < -0.4 is 20.1 Å². The second kappa shape index (κ2) is 11.1. The van der Waals surface area contributed by atoms with Crippen molar-refractivity contribution in [1.29, 1.82) is 0 Å². The van der Waals surface area contributed by atoms with E-state index in [0.29, 0.717) is 19.2 Å². The van der Waals surface area contributed by atoms with Crippen molar-refractivity contribution in [2.24, 2.45) is 10.9 Å². The number of aliphatic imine (C=N–C) groups is 1. The number of nitrogens with zero attached hydrogens (tertiary/aromatic N) is 1. The molecule has 0 unspecified atom stereocenters. The van der Waals surface area contributed by atoms with Crippen LogP contribution in [0.15, 0.2) is 23.2 Å². The molecule has 7 heteroatoms. The van der Waals surface area contributed by atoms with E-state index in [1.54, 1.807) is 21.3 Å². The molecule has 0 radical (unpaired) electrons. The van der Waals surface area contributed by atoms with Crippen molar-refractivity contribution >= 4 is 11.9 Å². The van der Waals surface area contributed by atoms with E-state index in [4.69, 9.17) is 14.2 Å². The number of hydrogen-bond acceptors (Lipinski definition) is 5. The second-order valence-corrected chi connectivity index (χ2v) is 8.32. The van der Waals surface area contributed by atoms with Crippen LogP contribution in [0.25, 0.3) is 0 Å². The number of carbonyl (C=O) groups is 1. The van der Waals surface area contributed by atoms with Crippen molar-refractivity contribution in [2.45, 2.75) is 57.9 Å². The minimum atomic E-state index is -0.140. The zero-order valence-corrected chi connectivity index (χ0v) is 19.2. The maximum atomic E-state index is 11.9. The molecule has 0 bridgehead atoms. The average Bonchev–Trinajstić information content (AvgIpc) is 2.76. The van der Waals surface area contributed by atoms with Crippen LogP contribution in [-0.4, -0.2) is 52.4 Å². The zero-order valence-electron chi connectivity index (χ0n) is 19.2. The first-order chi connectivity index (χ1) is 14.3. The zero-order chi connectivity index (χ0) is 22.1. The molecule has 2 N–H and O–H groups in total. The van der Waals surface area contributed by atoms with Crippen LogP contribution >= 0.6 is 0 Å². The van der Waals surface area contributed by atoms with E-state index in [1.807, 2.05) is 19.1 Å². The predicted molar refractivity (Wildman–Crippen MR) is 119 cm³/mol. The Morgan fingerprint density at radius 2 is 1.80 bits per heavy atom. The summed E-state index contributed by atoms with van der Waals surface area (Å²) in [6, 6.07) is 6.33. The standard InChI is InChI=1S/C23H37N3O4/c1-7-30-21(27)16-8-11-18(12-9-16)26-22(24-4)25-15-23(2,3)17-10-13-19(28-5)20(14-17)29-6/h10,13-14,16,18H,7-9,11-12,15H2,1-6H3,(H2,24,25,26). The number of esters is 1. The molecule has 1 aliphatic carbocycles. The summed E-state index contributed by atoms with van der Waals surface area (Å²) in [6.07, 6.45) is 3.57.